The summed E-state index contributed by atoms with van der Waals surface area (Å²) in [6.45, 7) is 5.12. The molecular formula is C33H39F3O2. The molecule has 1 fully saturated rings. The highest BCUT2D eigenvalue weighted by Crippen LogP contribution is 2.32. The number of benzene rings is 3. The van der Waals surface area contributed by atoms with Gasteiger partial charge >= 0.3 is 0 Å². The van der Waals surface area contributed by atoms with Gasteiger partial charge < -0.3 is 9.47 Å². The van der Waals surface area contributed by atoms with Crippen LogP contribution < -0.4 is 0 Å². The highest BCUT2D eigenvalue weighted by Gasteiger charge is 2.25. The molecule has 38 heavy (non-hydrogen) atoms. The molecule has 5 heteroatoms. The first kappa shape index (κ1) is 28.4. The van der Waals surface area contributed by atoms with Crippen LogP contribution in [0.4, 0.5) is 13.2 Å². The fraction of sp³-hybridized carbons (Fsp3) is 0.455. The molecule has 3 aromatic rings. The minimum absolute atomic E-state index is 0.138. The Morgan fingerprint density at radius 1 is 0.684 bits per heavy atom. The van der Waals surface area contributed by atoms with E-state index in [0.717, 1.165) is 36.8 Å². The molecule has 1 aliphatic heterocycles. The van der Waals surface area contributed by atoms with Gasteiger partial charge in [-0.2, -0.15) is 0 Å². The molecule has 0 radical (unpaired) electrons. The maximum atomic E-state index is 15.1. The molecule has 0 saturated carbocycles. The minimum Gasteiger partial charge on any atom is -0.352 e. The third kappa shape index (κ3) is 7.06. The second-order valence-corrected chi connectivity index (χ2v) is 10.3. The number of aryl methyl sites for hydroxylation is 1. The van der Waals surface area contributed by atoms with Crippen LogP contribution in [0.1, 0.15) is 82.3 Å². The molecular weight excluding hydrogens is 485 g/mol. The summed E-state index contributed by atoms with van der Waals surface area (Å²) in [5.41, 5.74) is 3.34. The summed E-state index contributed by atoms with van der Waals surface area (Å²) in [6, 6.07) is 15.6. The average Bonchev–Trinajstić information content (AvgIpc) is 2.94. The molecule has 0 aromatic heterocycles. The number of hydrogen-bond acceptors (Lipinski definition) is 2. The molecule has 0 N–H and O–H groups in total. The molecule has 0 atom stereocenters. The molecule has 1 saturated heterocycles. The third-order valence-corrected chi connectivity index (χ3v) is 7.44. The predicted molar refractivity (Wildman–Crippen MR) is 148 cm³/mol. The zero-order valence-corrected chi connectivity index (χ0v) is 22.6. The van der Waals surface area contributed by atoms with Crippen LogP contribution in [0.15, 0.2) is 54.6 Å². The molecule has 0 bridgehead atoms. The van der Waals surface area contributed by atoms with Gasteiger partial charge in [0.1, 0.15) is 5.82 Å². The molecule has 1 aliphatic rings. The van der Waals surface area contributed by atoms with E-state index in [1.54, 1.807) is 30.3 Å². The van der Waals surface area contributed by atoms with Crippen molar-refractivity contribution in [2.45, 2.75) is 83.8 Å². The van der Waals surface area contributed by atoms with Crippen molar-refractivity contribution in [2.24, 2.45) is 0 Å². The molecule has 3 aromatic carbocycles. The van der Waals surface area contributed by atoms with E-state index >= 15 is 4.39 Å². The first-order valence-corrected chi connectivity index (χ1v) is 14.1. The molecule has 2 nitrogen and oxygen atoms in total. The van der Waals surface area contributed by atoms with Crippen LogP contribution in [-0.4, -0.2) is 19.5 Å². The van der Waals surface area contributed by atoms with Gasteiger partial charge in [-0.05, 0) is 59.6 Å². The van der Waals surface area contributed by atoms with Crippen molar-refractivity contribution >= 4 is 0 Å². The highest BCUT2D eigenvalue weighted by molar-refractivity contribution is 5.71. The molecule has 204 valence electrons. The van der Waals surface area contributed by atoms with Crippen molar-refractivity contribution < 1.29 is 22.6 Å². The lowest BCUT2D eigenvalue weighted by Crippen LogP contribution is -2.31. The SMILES string of the molecule is CCCCCCCC1OCC(c2ccc(-c3ccc(-c4ccc(CCCC)c(F)c4F)cc3)cc2F)CO1. The smallest absolute Gasteiger partial charge is 0.166 e. The van der Waals surface area contributed by atoms with Gasteiger partial charge in [0.15, 0.2) is 17.9 Å². The summed E-state index contributed by atoms with van der Waals surface area (Å²) in [7, 11) is 0. The van der Waals surface area contributed by atoms with Crippen molar-refractivity contribution in [3.63, 3.8) is 0 Å². The van der Waals surface area contributed by atoms with Gasteiger partial charge in [0.2, 0.25) is 0 Å². The Kier molecular flexibility index (Phi) is 10.4. The standard InChI is InChI=1S/C33H39F3O2/c1-3-5-7-8-9-11-31-37-21-27(22-38-31)28-18-17-26(20-30(28)34)23-12-14-24(15-13-23)29-19-16-25(10-6-4-2)32(35)33(29)36/h12-20,27,31H,3-11,21-22H2,1-2H3. The molecule has 0 spiro atoms. The van der Waals surface area contributed by atoms with Crippen LogP contribution in [0.25, 0.3) is 22.3 Å². The molecule has 0 unspecified atom stereocenters. The van der Waals surface area contributed by atoms with Gasteiger partial charge in [-0.3, -0.25) is 0 Å². The zero-order chi connectivity index (χ0) is 26.9. The van der Waals surface area contributed by atoms with Crippen LogP contribution in [0.5, 0.6) is 0 Å². The van der Waals surface area contributed by atoms with Crippen LogP contribution >= 0.6 is 0 Å². The summed E-state index contributed by atoms with van der Waals surface area (Å²) in [5.74, 6) is -2.03. The fourth-order valence-electron chi connectivity index (χ4n) is 5.06. The highest BCUT2D eigenvalue weighted by atomic mass is 19.2. The Morgan fingerprint density at radius 2 is 1.34 bits per heavy atom. The largest absolute Gasteiger partial charge is 0.352 e. The number of ether oxygens (including phenoxy) is 2. The zero-order valence-electron chi connectivity index (χ0n) is 22.6. The van der Waals surface area contributed by atoms with Gasteiger partial charge in [-0.25, -0.2) is 13.2 Å². The van der Waals surface area contributed by atoms with Crippen molar-refractivity contribution in [1.29, 1.82) is 0 Å². The number of halogens is 3. The first-order chi connectivity index (χ1) is 18.5. The molecule has 0 aliphatic carbocycles. The summed E-state index contributed by atoms with van der Waals surface area (Å²) in [5, 5.41) is 0. The molecule has 1 heterocycles. The Balaban J connectivity index is 1.38. The Hall–Kier alpha value is -2.63. The Labute approximate surface area is 225 Å². The maximum Gasteiger partial charge on any atom is 0.166 e. The van der Waals surface area contributed by atoms with E-state index in [9.17, 15) is 8.78 Å². The second kappa shape index (κ2) is 14.0. The van der Waals surface area contributed by atoms with Crippen molar-refractivity contribution in [3.05, 3.63) is 83.2 Å². The lowest BCUT2D eigenvalue weighted by Gasteiger charge is -2.30. The van der Waals surface area contributed by atoms with Crippen LogP contribution in [0, 0.1) is 17.5 Å². The van der Waals surface area contributed by atoms with Crippen molar-refractivity contribution in [3.8, 4) is 22.3 Å². The third-order valence-electron chi connectivity index (χ3n) is 7.44. The summed E-state index contributed by atoms with van der Waals surface area (Å²) < 4.78 is 56.1. The minimum atomic E-state index is -0.822. The van der Waals surface area contributed by atoms with E-state index in [0.29, 0.717) is 36.3 Å². The summed E-state index contributed by atoms with van der Waals surface area (Å²) in [6.07, 6.45) is 8.97. The summed E-state index contributed by atoms with van der Waals surface area (Å²) in [4.78, 5) is 0. The Morgan fingerprint density at radius 3 is 2.03 bits per heavy atom. The topological polar surface area (TPSA) is 18.5 Å². The number of unbranched alkanes of at least 4 members (excludes halogenated alkanes) is 5. The molecule has 4 rings (SSSR count). The van der Waals surface area contributed by atoms with Gasteiger partial charge in [-0.1, -0.05) is 94.5 Å². The van der Waals surface area contributed by atoms with E-state index in [4.69, 9.17) is 9.47 Å². The normalized spacial score (nSPS) is 17.6. The van der Waals surface area contributed by atoms with Crippen molar-refractivity contribution in [1.82, 2.24) is 0 Å². The van der Waals surface area contributed by atoms with Crippen LogP contribution in [0.2, 0.25) is 0 Å². The first-order valence-electron chi connectivity index (χ1n) is 14.1. The quantitative estimate of drug-likeness (QED) is 0.220. The van der Waals surface area contributed by atoms with Gasteiger partial charge in [0.05, 0.1) is 13.2 Å². The lowest BCUT2D eigenvalue weighted by molar-refractivity contribution is -0.190. The van der Waals surface area contributed by atoms with E-state index in [-0.39, 0.29) is 23.6 Å². The van der Waals surface area contributed by atoms with E-state index in [1.807, 2.05) is 25.1 Å². The lowest BCUT2D eigenvalue weighted by atomic mass is 9.94. The van der Waals surface area contributed by atoms with Gasteiger partial charge in [0, 0.05) is 11.5 Å². The van der Waals surface area contributed by atoms with E-state index in [2.05, 4.69) is 6.92 Å². The predicted octanol–water partition coefficient (Wildman–Crippen LogP) is 9.60. The average molecular weight is 525 g/mol. The van der Waals surface area contributed by atoms with Crippen molar-refractivity contribution in [2.75, 3.05) is 13.2 Å². The fourth-order valence-corrected chi connectivity index (χ4v) is 5.06. The van der Waals surface area contributed by atoms with Crippen LogP contribution in [0.3, 0.4) is 0 Å². The second-order valence-electron chi connectivity index (χ2n) is 10.3. The van der Waals surface area contributed by atoms with E-state index < -0.39 is 11.6 Å². The van der Waals surface area contributed by atoms with Crippen LogP contribution in [-0.2, 0) is 15.9 Å². The maximum absolute atomic E-state index is 15.1. The number of hydrogen-bond donors (Lipinski definition) is 0. The van der Waals surface area contributed by atoms with E-state index in [1.165, 1.54) is 31.7 Å². The number of rotatable bonds is 12. The molecule has 0 amide bonds. The summed E-state index contributed by atoms with van der Waals surface area (Å²) >= 11 is 0. The monoisotopic (exact) mass is 524 g/mol. The van der Waals surface area contributed by atoms with Gasteiger partial charge in [-0.15, -0.1) is 0 Å². The van der Waals surface area contributed by atoms with Gasteiger partial charge in [0.25, 0.3) is 0 Å². The Bertz CT molecular complexity index is 1170.